The molecule has 0 amide bonds. The van der Waals surface area contributed by atoms with Crippen LogP contribution in [0.4, 0.5) is 15.8 Å². The summed E-state index contributed by atoms with van der Waals surface area (Å²) < 4.78 is 37.9. The zero-order valence-corrected chi connectivity index (χ0v) is 12.7. The van der Waals surface area contributed by atoms with E-state index in [-0.39, 0.29) is 5.69 Å². The van der Waals surface area contributed by atoms with E-state index in [9.17, 15) is 12.8 Å². The number of nitriles is 1. The minimum absolute atomic E-state index is 0.105. The highest BCUT2D eigenvalue weighted by Gasteiger charge is 2.08. The van der Waals surface area contributed by atoms with Crippen molar-refractivity contribution in [2.75, 3.05) is 16.3 Å². The van der Waals surface area contributed by atoms with Gasteiger partial charge in [-0.15, -0.1) is 11.3 Å². The van der Waals surface area contributed by atoms with Crippen LogP contribution in [0.15, 0.2) is 30.3 Å². The van der Waals surface area contributed by atoms with E-state index in [0.717, 1.165) is 11.1 Å². The van der Waals surface area contributed by atoms with Gasteiger partial charge in [-0.05, 0) is 30.3 Å². The first-order valence-corrected chi connectivity index (χ1v) is 8.58. The molecule has 0 unspecified atom stereocenters. The quantitative estimate of drug-likeness (QED) is 0.885. The largest absolute Gasteiger partial charge is 0.380 e. The average Bonchev–Trinajstić information content (AvgIpc) is 2.86. The van der Waals surface area contributed by atoms with E-state index in [1.54, 1.807) is 6.07 Å². The Hall–Kier alpha value is -2.11. The highest BCUT2D eigenvalue weighted by atomic mass is 32.2. The van der Waals surface area contributed by atoms with Gasteiger partial charge >= 0.3 is 0 Å². The van der Waals surface area contributed by atoms with Crippen LogP contribution in [-0.4, -0.2) is 14.7 Å². The Morgan fingerprint density at radius 2 is 2.10 bits per heavy atom. The van der Waals surface area contributed by atoms with Crippen molar-refractivity contribution in [2.24, 2.45) is 0 Å². The topological polar surface area (TPSA) is 82.0 Å². The van der Waals surface area contributed by atoms with Crippen molar-refractivity contribution in [3.63, 3.8) is 0 Å². The molecule has 0 aliphatic rings. The van der Waals surface area contributed by atoms with Crippen molar-refractivity contribution in [1.82, 2.24) is 0 Å². The standard InChI is InChI=1S/C13H12FN3O2S2/c1-21(18,19)17-13-6-9(2-5-12(13)14)16-8-11-4-3-10(7-15)20-11/h2-6,16-17H,8H2,1H3. The van der Waals surface area contributed by atoms with Crippen LogP contribution in [-0.2, 0) is 16.6 Å². The number of hydrogen-bond acceptors (Lipinski definition) is 5. The number of rotatable bonds is 5. The summed E-state index contributed by atoms with van der Waals surface area (Å²) >= 11 is 1.36. The van der Waals surface area contributed by atoms with E-state index in [4.69, 9.17) is 5.26 Å². The summed E-state index contributed by atoms with van der Waals surface area (Å²) in [6.45, 7) is 0.469. The average molecular weight is 325 g/mol. The Morgan fingerprint density at radius 1 is 1.33 bits per heavy atom. The van der Waals surface area contributed by atoms with Gasteiger partial charge in [-0.3, -0.25) is 4.72 Å². The van der Waals surface area contributed by atoms with Crippen molar-refractivity contribution >= 4 is 32.7 Å². The van der Waals surface area contributed by atoms with Crippen LogP contribution in [0.2, 0.25) is 0 Å². The number of anilines is 2. The van der Waals surface area contributed by atoms with Crippen molar-refractivity contribution < 1.29 is 12.8 Å². The Kier molecular flexibility index (Phi) is 4.45. The van der Waals surface area contributed by atoms with E-state index in [2.05, 4.69) is 16.1 Å². The predicted molar refractivity (Wildman–Crippen MR) is 81.2 cm³/mol. The normalized spacial score (nSPS) is 10.9. The van der Waals surface area contributed by atoms with Gasteiger partial charge < -0.3 is 5.32 Å². The molecule has 0 fully saturated rings. The molecule has 110 valence electrons. The molecule has 0 saturated carbocycles. The molecule has 0 spiro atoms. The number of nitrogens with one attached hydrogen (secondary N) is 2. The van der Waals surface area contributed by atoms with Gasteiger partial charge in [0, 0.05) is 17.1 Å². The molecule has 0 aliphatic carbocycles. The zero-order valence-electron chi connectivity index (χ0n) is 11.1. The van der Waals surface area contributed by atoms with Crippen LogP contribution in [0.25, 0.3) is 0 Å². The Bertz CT molecular complexity index is 794. The molecule has 0 bridgehead atoms. The summed E-state index contributed by atoms with van der Waals surface area (Å²) in [5.41, 5.74) is 0.473. The molecule has 21 heavy (non-hydrogen) atoms. The van der Waals surface area contributed by atoms with E-state index < -0.39 is 15.8 Å². The van der Waals surface area contributed by atoms with E-state index in [0.29, 0.717) is 17.1 Å². The number of benzene rings is 1. The molecular weight excluding hydrogens is 313 g/mol. The number of nitrogens with zero attached hydrogens (tertiary/aromatic N) is 1. The summed E-state index contributed by atoms with van der Waals surface area (Å²) in [6, 6.07) is 9.69. The van der Waals surface area contributed by atoms with Gasteiger partial charge in [-0.1, -0.05) is 0 Å². The summed E-state index contributed by atoms with van der Waals surface area (Å²) in [5.74, 6) is -0.645. The maximum absolute atomic E-state index is 13.5. The lowest BCUT2D eigenvalue weighted by atomic mass is 10.2. The zero-order chi connectivity index (χ0) is 15.5. The maximum atomic E-state index is 13.5. The molecule has 1 aromatic carbocycles. The highest BCUT2D eigenvalue weighted by molar-refractivity contribution is 7.92. The summed E-state index contributed by atoms with van der Waals surface area (Å²) in [5, 5.41) is 11.8. The van der Waals surface area contributed by atoms with Crippen LogP contribution >= 0.6 is 11.3 Å². The molecule has 5 nitrogen and oxygen atoms in total. The monoisotopic (exact) mass is 325 g/mol. The molecular formula is C13H12FN3O2S2. The van der Waals surface area contributed by atoms with Crippen molar-refractivity contribution in [3.8, 4) is 6.07 Å². The fraction of sp³-hybridized carbons (Fsp3) is 0.154. The second-order valence-electron chi connectivity index (χ2n) is 4.30. The fourth-order valence-corrected chi connectivity index (χ4v) is 2.94. The Morgan fingerprint density at radius 3 is 2.71 bits per heavy atom. The summed E-state index contributed by atoms with van der Waals surface area (Å²) in [7, 11) is -3.54. The molecule has 0 atom stereocenters. The fourth-order valence-electron chi connectivity index (χ4n) is 1.64. The SMILES string of the molecule is CS(=O)(=O)Nc1cc(NCc2ccc(C#N)s2)ccc1F. The third-order valence-electron chi connectivity index (χ3n) is 2.50. The van der Waals surface area contributed by atoms with E-state index >= 15 is 0 Å². The van der Waals surface area contributed by atoms with Gasteiger partial charge in [-0.2, -0.15) is 5.26 Å². The maximum Gasteiger partial charge on any atom is 0.229 e. The minimum atomic E-state index is -3.54. The lowest BCUT2D eigenvalue weighted by Gasteiger charge is -2.09. The Balaban J connectivity index is 2.10. The molecule has 2 rings (SSSR count). The van der Waals surface area contributed by atoms with Gasteiger partial charge in [0.15, 0.2) is 0 Å². The molecule has 8 heteroatoms. The van der Waals surface area contributed by atoms with Crippen LogP contribution in [0.1, 0.15) is 9.75 Å². The Labute approximate surface area is 126 Å². The molecule has 2 aromatic rings. The third-order valence-corrected chi connectivity index (χ3v) is 4.08. The lowest BCUT2D eigenvalue weighted by molar-refractivity contribution is 0.604. The molecule has 2 N–H and O–H groups in total. The molecule has 1 heterocycles. The van der Waals surface area contributed by atoms with Crippen molar-refractivity contribution in [2.45, 2.75) is 6.54 Å². The minimum Gasteiger partial charge on any atom is -0.380 e. The summed E-state index contributed by atoms with van der Waals surface area (Å²) in [6.07, 6.45) is 0.960. The third kappa shape index (κ3) is 4.44. The van der Waals surface area contributed by atoms with Gasteiger partial charge in [0.25, 0.3) is 0 Å². The first-order chi connectivity index (χ1) is 9.87. The number of halogens is 1. The first-order valence-electron chi connectivity index (χ1n) is 5.87. The lowest BCUT2D eigenvalue weighted by Crippen LogP contribution is -2.11. The molecule has 0 saturated heterocycles. The molecule has 0 radical (unpaired) electrons. The second kappa shape index (κ2) is 6.11. The van der Waals surface area contributed by atoms with Gasteiger partial charge in [-0.25, -0.2) is 12.8 Å². The summed E-state index contributed by atoms with van der Waals surface area (Å²) in [4.78, 5) is 1.57. The number of hydrogen-bond donors (Lipinski definition) is 2. The van der Waals surface area contributed by atoms with Gasteiger partial charge in [0.2, 0.25) is 10.0 Å². The van der Waals surface area contributed by atoms with Crippen LogP contribution in [0.3, 0.4) is 0 Å². The van der Waals surface area contributed by atoms with Crippen LogP contribution in [0, 0.1) is 17.1 Å². The van der Waals surface area contributed by atoms with Crippen molar-refractivity contribution in [3.05, 3.63) is 45.9 Å². The van der Waals surface area contributed by atoms with Crippen molar-refractivity contribution in [1.29, 1.82) is 5.26 Å². The van der Waals surface area contributed by atoms with E-state index in [1.807, 2.05) is 6.07 Å². The smallest absolute Gasteiger partial charge is 0.229 e. The van der Waals surface area contributed by atoms with E-state index in [1.165, 1.54) is 29.5 Å². The predicted octanol–water partition coefficient (Wildman–Crippen LogP) is 2.74. The highest BCUT2D eigenvalue weighted by Crippen LogP contribution is 2.22. The molecule has 1 aromatic heterocycles. The van der Waals surface area contributed by atoms with Gasteiger partial charge in [0.1, 0.15) is 16.8 Å². The first kappa shape index (κ1) is 15.3. The van der Waals surface area contributed by atoms with Crippen LogP contribution in [0.5, 0.6) is 0 Å². The molecule has 0 aliphatic heterocycles. The number of thiophene rings is 1. The second-order valence-corrected chi connectivity index (χ2v) is 7.22. The van der Waals surface area contributed by atoms with Gasteiger partial charge in [0.05, 0.1) is 11.9 Å². The van der Waals surface area contributed by atoms with Crippen LogP contribution < -0.4 is 10.0 Å². The number of sulfonamides is 1.